The lowest BCUT2D eigenvalue weighted by molar-refractivity contribution is -0.312. The number of aryl methyl sites for hydroxylation is 1. The van der Waals surface area contributed by atoms with Crippen molar-refractivity contribution in [3.63, 3.8) is 0 Å². The van der Waals surface area contributed by atoms with E-state index in [-0.39, 0.29) is 22.5 Å². The van der Waals surface area contributed by atoms with Gasteiger partial charge in [-0.2, -0.15) is 0 Å². The number of aliphatic carboxylic acids is 1. The van der Waals surface area contributed by atoms with Crippen molar-refractivity contribution < 1.29 is 23.8 Å². The number of carbonyl (C=O) groups is 1. The molecule has 128 valence electrons. The van der Waals surface area contributed by atoms with Crippen molar-refractivity contribution in [2.45, 2.75) is 20.0 Å². The summed E-state index contributed by atoms with van der Waals surface area (Å²) in [6.45, 7) is 2.98. The van der Waals surface area contributed by atoms with E-state index in [9.17, 15) is 14.7 Å². The average molecular weight is 339 g/mol. The molecule has 1 atom stereocenters. The van der Waals surface area contributed by atoms with Gasteiger partial charge >= 0.3 is 0 Å². The standard InChI is InChI=1S/C19H16O6/c1-11-18(25-13-6-4-3-5-7-13)17(20)15-9-8-14(10-16(15)24-11)23-12(2)19(21)22/h3-10,12H,1-2H3,(H,21,22)/p-1/t12-/m0/s1. The molecular weight excluding hydrogens is 324 g/mol. The molecule has 0 amide bonds. The molecule has 0 radical (unpaired) electrons. The van der Waals surface area contributed by atoms with Gasteiger partial charge < -0.3 is 23.8 Å². The van der Waals surface area contributed by atoms with Crippen molar-refractivity contribution in [1.29, 1.82) is 0 Å². The minimum Gasteiger partial charge on any atom is -0.546 e. The van der Waals surface area contributed by atoms with Crippen LogP contribution in [0.15, 0.2) is 57.7 Å². The van der Waals surface area contributed by atoms with Gasteiger partial charge in [0.15, 0.2) is 0 Å². The van der Waals surface area contributed by atoms with E-state index in [1.54, 1.807) is 31.2 Å². The van der Waals surface area contributed by atoms with E-state index in [1.807, 2.05) is 6.07 Å². The summed E-state index contributed by atoms with van der Waals surface area (Å²) in [6, 6.07) is 13.4. The van der Waals surface area contributed by atoms with E-state index >= 15 is 0 Å². The second kappa shape index (κ2) is 6.68. The Bertz CT molecular complexity index is 974. The highest BCUT2D eigenvalue weighted by Gasteiger charge is 2.15. The highest BCUT2D eigenvalue weighted by atomic mass is 16.5. The van der Waals surface area contributed by atoms with Gasteiger partial charge in [-0.15, -0.1) is 0 Å². The van der Waals surface area contributed by atoms with Gasteiger partial charge in [-0.3, -0.25) is 4.79 Å². The van der Waals surface area contributed by atoms with Crippen molar-refractivity contribution in [1.82, 2.24) is 0 Å². The fraction of sp³-hybridized carbons (Fsp3) is 0.158. The molecule has 1 aromatic heterocycles. The maximum atomic E-state index is 12.7. The lowest BCUT2D eigenvalue weighted by Crippen LogP contribution is -2.37. The van der Waals surface area contributed by atoms with Crippen molar-refractivity contribution >= 4 is 16.9 Å². The molecule has 0 aliphatic rings. The van der Waals surface area contributed by atoms with Crippen LogP contribution in [0.5, 0.6) is 17.2 Å². The quantitative estimate of drug-likeness (QED) is 0.709. The van der Waals surface area contributed by atoms with Gasteiger partial charge in [-0.05, 0) is 38.1 Å². The van der Waals surface area contributed by atoms with Crippen molar-refractivity contribution in [3.05, 3.63) is 64.5 Å². The molecule has 1 heterocycles. The number of carboxylic acids is 1. The summed E-state index contributed by atoms with van der Waals surface area (Å²) in [7, 11) is 0. The first-order valence-electron chi connectivity index (χ1n) is 7.63. The highest BCUT2D eigenvalue weighted by Crippen LogP contribution is 2.27. The zero-order valence-electron chi connectivity index (χ0n) is 13.6. The molecule has 3 aromatic rings. The minimum atomic E-state index is -1.33. The summed E-state index contributed by atoms with van der Waals surface area (Å²) >= 11 is 0. The maximum Gasteiger partial charge on any atom is 0.235 e. The van der Waals surface area contributed by atoms with Crippen molar-refractivity contribution in [2.75, 3.05) is 0 Å². The van der Waals surface area contributed by atoms with Crippen LogP contribution in [0.2, 0.25) is 0 Å². The molecule has 0 fully saturated rings. The van der Waals surface area contributed by atoms with E-state index in [0.717, 1.165) is 0 Å². The first-order chi connectivity index (χ1) is 12.0. The number of rotatable bonds is 5. The van der Waals surface area contributed by atoms with Gasteiger partial charge in [0.05, 0.1) is 11.4 Å². The molecule has 0 aliphatic carbocycles. The third-order valence-corrected chi connectivity index (χ3v) is 3.59. The fourth-order valence-electron chi connectivity index (χ4n) is 2.32. The van der Waals surface area contributed by atoms with Crippen molar-refractivity contribution in [2.24, 2.45) is 0 Å². The molecule has 0 saturated carbocycles. The van der Waals surface area contributed by atoms with E-state index in [1.165, 1.54) is 25.1 Å². The van der Waals surface area contributed by atoms with Gasteiger partial charge in [-0.1, -0.05) is 18.2 Å². The SMILES string of the molecule is Cc1oc2cc(O[C@@H](C)C(=O)[O-])ccc2c(=O)c1Oc1ccccc1. The zero-order valence-corrected chi connectivity index (χ0v) is 13.6. The predicted molar refractivity (Wildman–Crippen MR) is 88.8 cm³/mol. The van der Waals surface area contributed by atoms with Gasteiger partial charge in [0.2, 0.25) is 11.2 Å². The maximum absolute atomic E-state index is 12.7. The molecule has 0 unspecified atom stereocenters. The Morgan fingerprint density at radius 2 is 1.84 bits per heavy atom. The number of hydrogen-bond donors (Lipinski definition) is 0. The number of carboxylic acid groups (broad SMARTS) is 1. The molecular formula is C19H15O6-. The summed E-state index contributed by atoms with van der Waals surface area (Å²) in [4.78, 5) is 23.4. The Morgan fingerprint density at radius 3 is 2.52 bits per heavy atom. The van der Waals surface area contributed by atoms with Crippen LogP contribution in [0.4, 0.5) is 0 Å². The van der Waals surface area contributed by atoms with Gasteiger partial charge in [-0.25, -0.2) is 0 Å². The Hall–Kier alpha value is -3.28. The second-order valence-corrected chi connectivity index (χ2v) is 5.47. The molecule has 2 aromatic carbocycles. The van der Waals surface area contributed by atoms with E-state index < -0.39 is 12.1 Å². The van der Waals surface area contributed by atoms with Crippen molar-refractivity contribution in [3.8, 4) is 17.2 Å². The number of para-hydroxylation sites is 1. The third-order valence-electron chi connectivity index (χ3n) is 3.59. The molecule has 6 heteroatoms. The van der Waals surface area contributed by atoms with Gasteiger partial charge in [0.1, 0.15) is 28.9 Å². The number of hydrogen-bond acceptors (Lipinski definition) is 6. The summed E-state index contributed by atoms with van der Waals surface area (Å²) in [5.41, 5.74) is -0.0342. The lowest BCUT2D eigenvalue weighted by atomic mass is 10.2. The molecule has 0 aliphatic heterocycles. The van der Waals surface area contributed by atoms with Crippen LogP contribution in [-0.4, -0.2) is 12.1 Å². The van der Waals surface area contributed by atoms with E-state index in [4.69, 9.17) is 13.9 Å². The first-order valence-corrected chi connectivity index (χ1v) is 7.63. The molecule has 0 bridgehead atoms. The van der Waals surface area contributed by atoms with Crippen LogP contribution in [0.1, 0.15) is 12.7 Å². The smallest absolute Gasteiger partial charge is 0.235 e. The predicted octanol–water partition coefficient (Wildman–Crippen LogP) is 2.41. The summed E-state index contributed by atoms with van der Waals surface area (Å²) < 4.78 is 16.5. The lowest BCUT2D eigenvalue weighted by Gasteiger charge is -2.15. The summed E-state index contributed by atoms with van der Waals surface area (Å²) in [6.07, 6.45) is -1.12. The molecule has 0 spiro atoms. The minimum absolute atomic E-state index is 0.107. The third kappa shape index (κ3) is 3.47. The van der Waals surface area contributed by atoms with Crippen LogP contribution >= 0.6 is 0 Å². The number of ether oxygens (including phenoxy) is 2. The second-order valence-electron chi connectivity index (χ2n) is 5.47. The van der Waals surface area contributed by atoms with Crippen LogP contribution in [-0.2, 0) is 4.79 Å². The number of benzene rings is 2. The topological polar surface area (TPSA) is 88.8 Å². The number of fused-ring (bicyclic) bond motifs is 1. The van der Waals surface area contributed by atoms with Crippen LogP contribution < -0.4 is 20.0 Å². The molecule has 3 rings (SSSR count). The van der Waals surface area contributed by atoms with E-state index in [2.05, 4.69) is 0 Å². The van der Waals surface area contributed by atoms with Crippen LogP contribution in [0.25, 0.3) is 11.0 Å². The largest absolute Gasteiger partial charge is 0.546 e. The summed E-state index contributed by atoms with van der Waals surface area (Å²) in [5.74, 6) is -0.116. The van der Waals surface area contributed by atoms with Crippen LogP contribution in [0.3, 0.4) is 0 Å². The summed E-state index contributed by atoms with van der Waals surface area (Å²) in [5, 5.41) is 11.1. The molecule has 6 nitrogen and oxygen atoms in total. The molecule has 25 heavy (non-hydrogen) atoms. The Balaban J connectivity index is 2.00. The Labute approximate surface area is 143 Å². The Morgan fingerprint density at radius 1 is 1.12 bits per heavy atom. The Kier molecular flexibility index (Phi) is 4.43. The highest BCUT2D eigenvalue weighted by molar-refractivity contribution is 5.80. The molecule has 0 saturated heterocycles. The monoisotopic (exact) mass is 339 g/mol. The first kappa shape index (κ1) is 16.6. The zero-order chi connectivity index (χ0) is 18.0. The van der Waals surface area contributed by atoms with Gasteiger partial charge in [0, 0.05) is 6.07 Å². The fourth-order valence-corrected chi connectivity index (χ4v) is 2.32. The average Bonchev–Trinajstić information content (AvgIpc) is 2.59. The van der Waals surface area contributed by atoms with Gasteiger partial charge in [0.25, 0.3) is 0 Å². The van der Waals surface area contributed by atoms with Crippen LogP contribution in [0, 0.1) is 6.92 Å². The normalized spacial score (nSPS) is 11.9. The molecule has 0 N–H and O–H groups in total. The number of carbonyl (C=O) groups excluding carboxylic acids is 1. The van der Waals surface area contributed by atoms with E-state index in [0.29, 0.717) is 16.9 Å².